The first kappa shape index (κ1) is 15.7. The van der Waals surface area contributed by atoms with E-state index in [1.807, 2.05) is 12.1 Å². The van der Waals surface area contributed by atoms with E-state index in [0.717, 1.165) is 25.1 Å². The van der Waals surface area contributed by atoms with Crippen molar-refractivity contribution in [3.8, 4) is 5.75 Å². The predicted octanol–water partition coefficient (Wildman–Crippen LogP) is 3.41. The molecule has 122 valence electrons. The van der Waals surface area contributed by atoms with Gasteiger partial charge in [-0.2, -0.15) is 8.78 Å². The summed E-state index contributed by atoms with van der Waals surface area (Å²) in [6.45, 7) is 1.54. The topological polar surface area (TPSA) is 38.5 Å². The van der Waals surface area contributed by atoms with Crippen molar-refractivity contribution in [2.24, 2.45) is 17.6 Å². The van der Waals surface area contributed by atoms with Crippen LogP contribution in [0, 0.1) is 11.8 Å². The number of alkyl halides is 2. The van der Waals surface area contributed by atoms with E-state index in [1.54, 1.807) is 12.1 Å². The molecule has 22 heavy (non-hydrogen) atoms. The monoisotopic (exact) mass is 310 g/mol. The Labute approximate surface area is 130 Å². The van der Waals surface area contributed by atoms with Crippen LogP contribution in [-0.4, -0.2) is 30.6 Å². The third-order valence-corrected chi connectivity index (χ3v) is 5.32. The molecule has 1 saturated carbocycles. The Hall–Kier alpha value is -1.20. The van der Waals surface area contributed by atoms with Gasteiger partial charge in [0.2, 0.25) is 0 Å². The van der Waals surface area contributed by atoms with E-state index in [2.05, 4.69) is 16.6 Å². The van der Waals surface area contributed by atoms with Crippen molar-refractivity contribution in [2.75, 3.05) is 13.1 Å². The molecule has 3 nitrogen and oxygen atoms in total. The van der Waals surface area contributed by atoms with Crippen LogP contribution < -0.4 is 10.5 Å². The highest BCUT2D eigenvalue weighted by Gasteiger charge is 2.40. The average molecular weight is 310 g/mol. The summed E-state index contributed by atoms with van der Waals surface area (Å²) in [7, 11) is 0. The summed E-state index contributed by atoms with van der Waals surface area (Å²) >= 11 is 0. The van der Waals surface area contributed by atoms with Gasteiger partial charge in [-0.1, -0.05) is 18.6 Å². The number of rotatable bonds is 4. The summed E-state index contributed by atoms with van der Waals surface area (Å²) in [5, 5.41) is 0. The van der Waals surface area contributed by atoms with Crippen molar-refractivity contribution < 1.29 is 13.5 Å². The Balaban J connectivity index is 1.65. The summed E-state index contributed by atoms with van der Waals surface area (Å²) in [4.78, 5) is 2.48. The maximum Gasteiger partial charge on any atom is 0.387 e. The Kier molecular flexibility index (Phi) is 4.64. The van der Waals surface area contributed by atoms with Gasteiger partial charge in [0.25, 0.3) is 0 Å². The van der Waals surface area contributed by atoms with Crippen molar-refractivity contribution in [2.45, 2.75) is 44.9 Å². The predicted molar refractivity (Wildman–Crippen MR) is 81.9 cm³/mol. The van der Waals surface area contributed by atoms with Gasteiger partial charge in [0.1, 0.15) is 5.75 Å². The zero-order chi connectivity index (χ0) is 15.7. The Morgan fingerprint density at radius 3 is 2.55 bits per heavy atom. The molecule has 0 spiro atoms. The lowest BCUT2D eigenvalue weighted by Crippen LogP contribution is -2.38. The third kappa shape index (κ3) is 3.25. The summed E-state index contributed by atoms with van der Waals surface area (Å²) in [6, 6.07) is 7.60. The van der Waals surface area contributed by atoms with Gasteiger partial charge >= 0.3 is 6.61 Å². The largest absolute Gasteiger partial charge is 0.435 e. The molecular weight excluding hydrogens is 286 g/mol. The number of halogens is 2. The van der Waals surface area contributed by atoms with Gasteiger partial charge in [0.05, 0.1) is 0 Å². The molecule has 1 aliphatic heterocycles. The molecule has 2 N–H and O–H groups in total. The molecule has 1 saturated heterocycles. The van der Waals surface area contributed by atoms with Crippen LogP contribution in [0.3, 0.4) is 0 Å². The number of hydrogen-bond donors (Lipinski definition) is 1. The van der Waals surface area contributed by atoms with Gasteiger partial charge in [-0.15, -0.1) is 0 Å². The zero-order valence-electron chi connectivity index (χ0n) is 12.9. The van der Waals surface area contributed by atoms with E-state index in [4.69, 9.17) is 5.73 Å². The number of nitrogens with two attached hydrogens (primary N) is 1. The minimum Gasteiger partial charge on any atom is -0.435 e. The first-order valence-corrected chi connectivity index (χ1v) is 8.09. The Morgan fingerprint density at radius 1 is 1.18 bits per heavy atom. The molecule has 5 heteroatoms. The van der Waals surface area contributed by atoms with Crippen molar-refractivity contribution in [3.63, 3.8) is 0 Å². The second-order valence-electron chi connectivity index (χ2n) is 6.60. The van der Waals surface area contributed by atoms with Gasteiger partial charge < -0.3 is 10.5 Å². The highest BCUT2D eigenvalue weighted by atomic mass is 19.3. The van der Waals surface area contributed by atoms with Crippen LogP contribution in [0.4, 0.5) is 8.78 Å². The molecule has 2 aliphatic rings. The summed E-state index contributed by atoms with van der Waals surface area (Å²) < 4.78 is 28.8. The molecule has 4 atom stereocenters. The van der Waals surface area contributed by atoms with Crippen LogP contribution in [0.25, 0.3) is 0 Å². The molecular formula is C17H24F2N2O. The molecule has 1 aromatic rings. The normalized spacial score (nSPS) is 30.3. The smallest absolute Gasteiger partial charge is 0.387 e. The average Bonchev–Trinajstić information content (AvgIpc) is 2.92. The van der Waals surface area contributed by atoms with Crippen LogP contribution in [0.2, 0.25) is 0 Å². The lowest BCUT2D eigenvalue weighted by Gasteiger charge is -2.30. The Bertz CT molecular complexity index is 494. The second-order valence-corrected chi connectivity index (χ2v) is 6.60. The van der Waals surface area contributed by atoms with Crippen LogP contribution in [-0.2, 0) is 0 Å². The quantitative estimate of drug-likeness (QED) is 0.926. The van der Waals surface area contributed by atoms with Crippen molar-refractivity contribution in [1.82, 2.24) is 4.90 Å². The highest BCUT2D eigenvalue weighted by Crippen LogP contribution is 2.39. The molecule has 0 aromatic heterocycles. The maximum absolute atomic E-state index is 12.2. The van der Waals surface area contributed by atoms with E-state index in [-0.39, 0.29) is 11.8 Å². The van der Waals surface area contributed by atoms with Gasteiger partial charge in [-0.25, -0.2) is 0 Å². The van der Waals surface area contributed by atoms with Crippen LogP contribution in [0.5, 0.6) is 5.75 Å². The minimum absolute atomic E-state index is 0.211. The van der Waals surface area contributed by atoms with Crippen LogP contribution >= 0.6 is 0 Å². The fraction of sp³-hybridized carbons (Fsp3) is 0.647. The van der Waals surface area contributed by atoms with Gasteiger partial charge in [-0.05, 0) is 49.3 Å². The minimum atomic E-state index is -2.77. The highest BCUT2D eigenvalue weighted by molar-refractivity contribution is 5.29. The number of benzene rings is 1. The Morgan fingerprint density at radius 2 is 1.91 bits per heavy atom. The zero-order valence-corrected chi connectivity index (χ0v) is 12.9. The fourth-order valence-corrected chi connectivity index (χ4v) is 4.01. The lowest BCUT2D eigenvalue weighted by atomic mass is 9.78. The second kappa shape index (κ2) is 6.50. The van der Waals surface area contributed by atoms with Gasteiger partial charge in [0, 0.05) is 25.2 Å². The molecule has 0 bridgehead atoms. The van der Waals surface area contributed by atoms with Gasteiger partial charge in [-0.3, -0.25) is 4.90 Å². The number of nitrogens with zero attached hydrogens (tertiary/aromatic N) is 1. The molecule has 1 aliphatic carbocycles. The van der Waals surface area contributed by atoms with Crippen molar-refractivity contribution in [1.29, 1.82) is 0 Å². The molecule has 1 heterocycles. The van der Waals surface area contributed by atoms with Gasteiger partial charge in [0.15, 0.2) is 0 Å². The molecule has 4 unspecified atom stereocenters. The van der Waals surface area contributed by atoms with Crippen molar-refractivity contribution in [3.05, 3.63) is 29.8 Å². The lowest BCUT2D eigenvalue weighted by molar-refractivity contribution is -0.0498. The molecule has 0 amide bonds. The number of fused-ring (bicyclic) bond motifs is 1. The van der Waals surface area contributed by atoms with E-state index in [0.29, 0.717) is 17.9 Å². The van der Waals surface area contributed by atoms with Crippen molar-refractivity contribution >= 4 is 0 Å². The van der Waals surface area contributed by atoms with Crippen LogP contribution in [0.1, 0.15) is 37.8 Å². The molecule has 2 fully saturated rings. The summed E-state index contributed by atoms with van der Waals surface area (Å²) in [6.07, 6.45) is 3.66. The maximum atomic E-state index is 12.2. The molecule has 0 radical (unpaired) electrons. The number of ether oxygens (including phenoxy) is 1. The fourth-order valence-electron chi connectivity index (χ4n) is 4.01. The van der Waals surface area contributed by atoms with E-state index in [1.165, 1.54) is 12.8 Å². The van der Waals surface area contributed by atoms with Crippen LogP contribution in [0.15, 0.2) is 24.3 Å². The van der Waals surface area contributed by atoms with E-state index < -0.39 is 6.61 Å². The summed E-state index contributed by atoms with van der Waals surface area (Å²) in [5.41, 5.74) is 7.41. The number of hydrogen-bond acceptors (Lipinski definition) is 3. The summed E-state index contributed by atoms with van der Waals surface area (Å²) in [5.74, 6) is 1.54. The number of likely N-dealkylation sites (tertiary alicyclic amines) is 1. The first-order valence-electron chi connectivity index (χ1n) is 8.09. The standard InChI is InChI=1S/C17H24F2N2O/c1-11(12-5-7-14(8-6-12)22-17(18)19)21-9-13-3-2-4-16(20)15(13)10-21/h5-8,11,13,15-17H,2-4,9-10,20H2,1H3. The molecule has 3 rings (SSSR count). The van der Waals surface area contributed by atoms with E-state index in [9.17, 15) is 8.78 Å². The van der Waals surface area contributed by atoms with E-state index >= 15 is 0 Å². The first-order chi connectivity index (χ1) is 10.5. The molecule has 1 aromatic carbocycles. The third-order valence-electron chi connectivity index (χ3n) is 5.32. The SMILES string of the molecule is CC(c1ccc(OC(F)F)cc1)N1CC2CCCC(N)C2C1.